The number of piperidine rings is 1. The molecule has 1 aliphatic heterocycles. The van der Waals surface area contributed by atoms with E-state index in [0.717, 1.165) is 22.9 Å². The Morgan fingerprint density at radius 1 is 1.11 bits per heavy atom. The van der Waals surface area contributed by atoms with E-state index in [1.807, 2.05) is 0 Å². The summed E-state index contributed by atoms with van der Waals surface area (Å²) in [5.41, 5.74) is -4.37. The first-order valence-electron chi connectivity index (χ1n) is 8.35. The van der Waals surface area contributed by atoms with Gasteiger partial charge in [-0.2, -0.15) is 30.2 Å². The lowest BCUT2D eigenvalue weighted by atomic mass is 9.98. The van der Waals surface area contributed by atoms with Crippen LogP contribution in [0.3, 0.4) is 0 Å². The number of anilines is 1. The van der Waals surface area contributed by atoms with Crippen molar-refractivity contribution in [1.82, 2.24) is 4.31 Å². The Hall–Kier alpha value is -1.69. The average molecular weight is 410 g/mol. The summed E-state index contributed by atoms with van der Waals surface area (Å²) in [7, 11) is -4.66. The lowest BCUT2D eigenvalue weighted by molar-refractivity contribution is -0.253. The van der Waals surface area contributed by atoms with Crippen molar-refractivity contribution in [3.63, 3.8) is 0 Å². The van der Waals surface area contributed by atoms with Crippen LogP contribution in [0.2, 0.25) is 0 Å². The van der Waals surface area contributed by atoms with E-state index >= 15 is 0 Å². The smallest absolute Gasteiger partial charge is 0.396 e. The van der Waals surface area contributed by atoms with Crippen molar-refractivity contribution in [3.8, 4) is 0 Å². The van der Waals surface area contributed by atoms with Gasteiger partial charge in [0.1, 0.15) is 0 Å². The first-order chi connectivity index (χ1) is 12.6. The number of hydrogen-bond donors (Lipinski definition) is 2. The van der Waals surface area contributed by atoms with Crippen LogP contribution in [-0.4, -0.2) is 60.3 Å². The maximum Gasteiger partial charge on any atom is 0.426 e. The Bertz CT molecular complexity index is 751. The summed E-state index contributed by atoms with van der Waals surface area (Å²) in [6.45, 7) is -1.04. The van der Waals surface area contributed by atoms with Gasteiger partial charge in [0.15, 0.2) is 0 Å². The Labute approximate surface area is 155 Å². The summed E-state index contributed by atoms with van der Waals surface area (Å²) in [6.07, 6.45) is -5.07. The normalized spacial score (nSPS) is 18.7. The molecule has 0 aromatic heterocycles. The highest BCUT2D eigenvalue weighted by atomic mass is 32.2. The Morgan fingerprint density at radius 2 is 1.67 bits per heavy atom. The van der Waals surface area contributed by atoms with Crippen molar-refractivity contribution in [3.05, 3.63) is 30.3 Å². The van der Waals surface area contributed by atoms with Crippen molar-refractivity contribution in [2.24, 2.45) is 0 Å². The average Bonchev–Trinajstić information content (AvgIpc) is 2.62. The first kappa shape index (κ1) is 21.6. The number of amides is 1. The fourth-order valence-corrected chi connectivity index (χ4v) is 4.53. The molecular formula is C16H21F3N2O5S. The minimum atomic E-state index is -5.47. The molecule has 1 aromatic rings. The van der Waals surface area contributed by atoms with Gasteiger partial charge in [0.2, 0.25) is 5.60 Å². The van der Waals surface area contributed by atoms with Gasteiger partial charge in [-0.3, -0.25) is 4.79 Å². The molecule has 7 nitrogen and oxygen atoms in total. The van der Waals surface area contributed by atoms with E-state index in [-0.39, 0.29) is 23.1 Å². The summed E-state index contributed by atoms with van der Waals surface area (Å²) in [6, 6.07) is 6.55. The van der Waals surface area contributed by atoms with E-state index < -0.39 is 40.9 Å². The molecule has 1 heterocycles. The van der Waals surface area contributed by atoms with Crippen molar-refractivity contribution in [1.29, 1.82) is 0 Å². The molecule has 1 atom stereocenters. The van der Waals surface area contributed by atoms with Crippen molar-refractivity contribution in [2.45, 2.75) is 37.5 Å². The molecule has 0 saturated carbocycles. The number of para-hydroxylation sites is 1. The van der Waals surface area contributed by atoms with E-state index in [2.05, 4.69) is 0 Å². The quantitative estimate of drug-likeness (QED) is 0.739. The van der Waals surface area contributed by atoms with Crippen LogP contribution in [0.15, 0.2) is 30.3 Å². The molecule has 1 unspecified atom stereocenters. The summed E-state index contributed by atoms with van der Waals surface area (Å²) in [5, 5.41) is 19.0. The molecule has 152 valence electrons. The van der Waals surface area contributed by atoms with Crippen LogP contribution in [0.25, 0.3) is 0 Å². The maximum absolute atomic E-state index is 13.4. The molecule has 0 radical (unpaired) electrons. The third-order valence-electron chi connectivity index (χ3n) is 4.34. The van der Waals surface area contributed by atoms with Crippen LogP contribution >= 0.6 is 0 Å². The maximum atomic E-state index is 13.4. The fourth-order valence-electron chi connectivity index (χ4n) is 2.83. The number of aliphatic hydroxyl groups is 2. The van der Waals surface area contributed by atoms with Crippen molar-refractivity contribution in [2.75, 3.05) is 24.0 Å². The van der Waals surface area contributed by atoms with E-state index in [0.29, 0.717) is 12.8 Å². The molecule has 27 heavy (non-hydrogen) atoms. The highest BCUT2D eigenvalue weighted by Crippen LogP contribution is 2.37. The monoisotopic (exact) mass is 410 g/mol. The summed E-state index contributed by atoms with van der Waals surface area (Å²) in [5.74, 6) is -2.07. The molecule has 1 fully saturated rings. The second-order valence-corrected chi connectivity index (χ2v) is 7.98. The number of hydrogen-bond acceptors (Lipinski definition) is 5. The van der Waals surface area contributed by atoms with E-state index in [4.69, 9.17) is 5.11 Å². The van der Waals surface area contributed by atoms with Crippen LogP contribution in [0.5, 0.6) is 0 Å². The number of benzene rings is 1. The molecule has 2 N–H and O–H groups in total. The SMILES string of the molecule is O=C(N(c1ccccc1)S(=O)(=O)N1CCCCC1)C(O)(CCO)C(F)(F)F. The predicted molar refractivity (Wildman–Crippen MR) is 91.0 cm³/mol. The second-order valence-electron chi connectivity index (χ2n) is 6.20. The number of carbonyl (C=O) groups is 1. The van der Waals surface area contributed by atoms with Crippen molar-refractivity contribution >= 4 is 21.8 Å². The number of nitrogens with zero attached hydrogens (tertiary/aromatic N) is 2. The lowest BCUT2D eigenvalue weighted by Gasteiger charge is -2.37. The van der Waals surface area contributed by atoms with Gasteiger partial charge in [-0.15, -0.1) is 0 Å². The third kappa shape index (κ3) is 4.26. The summed E-state index contributed by atoms with van der Waals surface area (Å²) in [4.78, 5) is 12.7. The molecule has 0 spiro atoms. The van der Waals surface area contributed by atoms with Gasteiger partial charge in [-0.05, 0) is 25.0 Å². The van der Waals surface area contributed by atoms with Gasteiger partial charge in [0.05, 0.1) is 5.69 Å². The third-order valence-corrected chi connectivity index (χ3v) is 6.20. The Balaban J connectivity index is 2.58. The van der Waals surface area contributed by atoms with Crippen LogP contribution in [-0.2, 0) is 15.0 Å². The van der Waals surface area contributed by atoms with Crippen LogP contribution in [0.1, 0.15) is 25.7 Å². The molecule has 0 aliphatic carbocycles. The molecule has 1 aromatic carbocycles. The number of rotatable bonds is 6. The zero-order valence-corrected chi connectivity index (χ0v) is 15.2. The first-order valence-corrected chi connectivity index (χ1v) is 9.75. The van der Waals surface area contributed by atoms with Gasteiger partial charge in [0.25, 0.3) is 5.91 Å². The zero-order valence-electron chi connectivity index (χ0n) is 14.4. The number of carbonyl (C=O) groups excluding carboxylic acids is 1. The molecule has 11 heteroatoms. The largest absolute Gasteiger partial charge is 0.426 e. The number of halogens is 3. The van der Waals surface area contributed by atoms with Crippen LogP contribution < -0.4 is 4.31 Å². The predicted octanol–water partition coefficient (Wildman–Crippen LogP) is 1.43. The van der Waals surface area contributed by atoms with E-state index in [1.54, 1.807) is 0 Å². The van der Waals surface area contributed by atoms with Crippen LogP contribution in [0, 0.1) is 0 Å². The lowest BCUT2D eigenvalue weighted by Crippen LogP contribution is -2.62. The standard InChI is InChI=1S/C16H21F3N2O5S/c17-16(18,19)15(24,9-12-22)14(23)21(13-7-3-1-4-8-13)27(25,26)20-10-5-2-6-11-20/h1,3-4,7-8,22,24H,2,5-6,9-12H2. The molecule has 1 amide bonds. The van der Waals surface area contributed by atoms with E-state index in [1.165, 1.54) is 18.2 Å². The number of aliphatic hydroxyl groups excluding tert-OH is 1. The Kier molecular flexibility index (Phi) is 6.51. The second kappa shape index (κ2) is 8.13. The minimum absolute atomic E-state index is 0.0124. The summed E-state index contributed by atoms with van der Waals surface area (Å²) >= 11 is 0. The van der Waals surface area contributed by atoms with Gasteiger partial charge >= 0.3 is 16.4 Å². The van der Waals surface area contributed by atoms with Gasteiger partial charge in [-0.1, -0.05) is 24.6 Å². The van der Waals surface area contributed by atoms with Crippen molar-refractivity contribution < 1.29 is 36.6 Å². The molecule has 1 aliphatic rings. The molecule has 1 saturated heterocycles. The van der Waals surface area contributed by atoms with Gasteiger partial charge < -0.3 is 10.2 Å². The highest BCUT2D eigenvalue weighted by Gasteiger charge is 2.62. The zero-order chi connectivity index (χ0) is 20.3. The van der Waals surface area contributed by atoms with Crippen LogP contribution in [0.4, 0.5) is 18.9 Å². The highest BCUT2D eigenvalue weighted by molar-refractivity contribution is 7.91. The molecule has 0 bridgehead atoms. The Morgan fingerprint density at radius 3 is 2.15 bits per heavy atom. The van der Waals surface area contributed by atoms with Gasteiger partial charge in [0, 0.05) is 26.1 Å². The van der Waals surface area contributed by atoms with E-state index in [9.17, 15) is 31.5 Å². The molecular weight excluding hydrogens is 389 g/mol. The topological polar surface area (TPSA) is 98.2 Å². The summed E-state index contributed by atoms with van der Waals surface area (Å²) < 4.78 is 67.2. The molecule has 2 rings (SSSR count). The number of alkyl halides is 3. The van der Waals surface area contributed by atoms with Gasteiger partial charge in [-0.25, -0.2) is 0 Å². The fraction of sp³-hybridized carbons (Fsp3) is 0.562. The minimum Gasteiger partial charge on any atom is -0.396 e.